The summed E-state index contributed by atoms with van der Waals surface area (Å²) in [6.07, 6.45) is 0. The molecule has 1 aromatic carbocycles. The van der Waals surface area contributed by atoms with Gasteiger partial charge < -0.3 is 5.32 Å². The summed E-state index contributed by atoms with van der Waals surface area (Å²) >= 11 is 0. The van der Waals surface area contributed by atoms with Gasteiger partial charge in [-0.25, -0.2) is 4.39 Å². The van der Waals surface area contributed by atoms with Crippen molar-refractivity contribution in [2.45, 2.75) is 19.9 Å². The Morgan fingerprint density at radius 2 is 1.88 bits per heavy atom. The van der Waals surface area contributed by atoms with Crippen LogP contribution in [-0.2, 0) is 0 Å². The molecule has 0 amide bonds. The van der Waals surface area contributed by atoms with Gasteiger partial charge >= 0.3 is 0 Å². The minimum Gasteiger partial charge on any atom is -0.362 e. The molecule has 1 unspecified atom stereocenters. The average Bonchev–Trinajstić information content (AvgIpc) is 2.32. The fourth-order valence-corrected chi connectivity index (χ4v) is 1.60. The van der Waals surface area contributed by atoms with Crippen molar-refractivity contribution in [1.82, 2.24) is 10.2 Å². The molecule has 1 heterocycles. The highest BCUT2D eigenvalue weighted by Gasteiger charge is 2.10. The van der Waals surface area contributed by atoms with Gasteiger partial charge in [-0.1, -0.05) is 18.2 Å². The first-order valence-electron chi connectivity index (χ1n) is 5.48. The summed E-state index contributed by atoms with van der Waals surface area (Å²) in [5, 5.41) is 11.0. The third-order valence-electron chi connectivity index (χ3n) is 2.53. The van der Waals surface area contributed by atoms with Gasteiger partial charge in [0, 0.05) is 5.56 Å². The molecule has 1 atom stereocenters. The molecule has 0 spiro atoms. The molecule has 0 aliphatic rings. The van der Waals surface area contributed by atoms with Gasteiger partial charge in [0.05, 0.1) is 11.7 Å². The van der Waals surface area contributed by atoms with Crippen molar-refractivity contribution in [3.63, 3.8) is 0 Å². The molecule has 0 radical (unpaired) electrons. The second-order valence-corrected chi connectivity index (χ2v) is 3.95. The molecule has 0 bridgehead atoms. The Bertz CT molecular complexity index is 496. The molecule has 0 fully saturated rings. The Morgan fingerprint density at radius 3 is 2.53 bits per heavy atom. The maximum absolute atomic E-state index is 13.5. The van der Waals surface area contributed by atoms with Crippen LogP contribution in [0.2, 0.25) is 0 Å². The van der Waals surface area contributed by atoms with E-state index < -0.39 is 0 Å². The molecule has 2 rings (SSSR count). The van der Waals surface area contributed by atoms with Crippen LogP contribution >= 0.6 is 0 Å². The van der Waals surface area contributed by atoms with E-state index in [1.54, 1.807) is 12.1 Å². The second kappa shape index (κ2) is 4.91. The van der Waals surface area contributed by atoms with E-state index in [-0.39, 0.29) is 11.9 Å². The minimum absolute atomic E-state index is 0.145. The number of rotatable bonds is 3. The summed E-state index contributed by atoms with van der Waals surface area (Å²) in [5.41, 5.74) is 1.48. The van der Waals surface area contributed by atoms with Crippen LogP contribution < -0.4 is 5.32 Å². The molecule has 1 aromatic heterocycles. The van der Waals surface area contributed by atoms with Gasteiger partial charge in [0.2, 0.25) is 0 Å². The summed E-state index contributed by atoms with van der Waals surface area (Å²) in [6.45, 7) is 3.76. The smallest absolute Gasteiger partial charge is 0.149 e. The van der Waals surface area contributed by atoms with Crippen molar-refractivity contribution < 1.29 is 4.39 Å². The van der Waals surface area contributed by atoms with E-state index >= 15 is 0 Å². The van der Waals surface area contributed by atoms with Crippen molar-refractivity contribution >= 4 is 5.82 Å². The van der Waals surface area contributed by atoms with Crippen molar-refractivity contribution in [2.75, 3.05) is 5.32 Å². The maximum atomic E-state index is 13.5. The number of hydrogen-bond donors (Lipinski definition) is 1. The van der Waals surface area contributed by atoms with Crippen LogP contribution in [0.15, 0.2) is 36.4 Å². The van der Waals surface area contributed by atoms with E-state index in [4.69, 9.17) is 0 Å². The molecule has 0 aliphatic carbocycles. The lowest BCUT2D eigenvalue weighted by Crippen LogP contribution is -2.10. The molecule has 1 N–H and O–H groups in total. The number of aryl methyl sites for hydroxylation is 1. The summed E-state index contributed by atoms with van der Waals surface area (Å²) in [5.74, 6) is 0.430. The normalized spacial score (nSPS) is 12.2. The van der Waals surface area contributed by atoms with Crippen LogP contribution in [0.25, 0.3) is 0 Å². The molecule has 0 aliphatic heterocycles. The van der Waals surface area contributed by atoms with Crippen LogP contribution in [0.3, 0.4) is 0 Å². The van der Waals surface area contributed by atoms with Gasteiger partial charge in [0.1, 0.15) is 11.6 Å². The maximum Gasteiger partial charge on any atom is 0.149 e. The number of nitrogens with zero attached hydrogens (tertiary/aromatic N) is 2. The molecule has 17 heavy (non-hydrogen) atoms. The van der Waals surface area contributed by atoms with Crippen molar-refractivity contribution in [2.24, 2.45) is 0 Å². The first-order valence-corrected chi connectivity index (χ1v) is 5.48. The SMILES string of the molecule is Cc1ccc(NC(C)c2ccccc2F)nn1. The zero-order valence-electron chi connectivity index (χ0n) is 9.81. The molecule has 88 valence electrons. The van der Waals surface area contributed by atoms with E-state index in [0.29, 0.717) is 11.4 Å². The molecule has 2 aromatic rings. The van der Waals surface area contributed by atoms with Crippen LogP contribution in [0.5, 0.6) is 0 Å². The van der Waals surface area contributed by atoms with Gasteiger partial charge in [-0.15, -0.1) is 5.10 Å². The summed E-state index contributed by atoms with van der Waals surface area (Å²) in [7, 11) is 0. The highest BCUT2D eigenvalue weighted by molar-refractivity contribution is 5.37. The predicted octanol–water partition coefficient (Wildman–Crippen LogP) is 3.10. The van der Waals surface area contributed by atoms with E-state index in [2.05, 4.69) is 15.5 Å². The summed E-state index contributed by atoms with van der Waals surface area (Å²) in [4.78, 5) is 0. The van der Waals surface area contributed by atoms with Crippen molar-refractivity contribution in [3.05, 3.63) is 53.5 Å². The highest BCUT2D eigenvalue weighted by atomic mass is 19.1. The third kappa shape index (κ3) is 2.78. The molecular weight excluding hydrogens is 217 g/mol. The fourth-order valence-electron chi connectivity index (χ4n) is 1.60. The lowest BCUT2D eigenvalue weighted by atomic mass is 10.1. The standard InChI is InChI=1S/C13H14FN3/c1-9-7-8-13(17-16-9)15-10(2)11-5-3-4-6-12(11)14/h3-8,10H,1-2H3,(H,15,17). The second-order valence-electron chi connectivity index (χ2n) is 3.95. The zero-order valence-corrected chi connectivity index (χ0v) is 9.81. The topological polar surface area (TPSA) is 37.8 Å². The van der Waals surface area contributed by atoms with Gasteiger partial charge in [-0.2, -0.15) is 5.10 Å². The fraction of sp³-hybridized carbons (Fsp3) is 0.231. The molecule has 0 saturated carbocycles. The Hall–Kier alpha value is -1.97. The number of nitrogens with one attached hydrogen (secondary N) is 1. The monoisotopic (exact) mass is 231 g/mol. The Balaban J connectivity index is 2.14. The number of hydrogen-bond acceptors (Lipinski definition) is 3. The Kier molecular flexibility index (Phi) is 3.32. The van der Waals surface area contributed by atoms with Gasteiger partial charge in [-0.3, -0.25) is 0 Å². The number of benzene rings is 1. The van der Waals surface area contributed by atoms with Crippen molar-refractivity contribution in [1.29, 1.82) is 0 Å². The summed E-state index contributed by atoms with van der Waals surface area (Å²) < 4.78 is 13.5. The van der Waals surface area contributed by atoms with Crippen LogP contribution in [0.1, 0.15) is 24.2 Å². The van der Waals surface area contributed by atoms with Gasteiger partial charge in [0.25, 0.3) is 0 Å². The largest absolute Gasteiger partial charge is 0.362 e. The summed E-state index contributed by atoms with van der Waals surface area (Å²) in [6, 6.07) is 10.3. The van der Waals surface area contributed by atoms with E-state index in [1.807, 2.05) is 32.0 Å². The quantitative estimate of drug-likeness (QED) is 0.882. The first kappa shape index (κ1) is 11.5. The number of aromatic nitrogens is 2. The van der Waals surface area contributed by atoms with E-state index in [9.17, 15) is 4.39 Å². The Labute approximate surface area is 99.7 Å². The molecule has 0 saturated heterocycles. The molecule has 3 nitrogen and oxygen atoms in total. The number of anilines is 1. The average molecular weight is 231 g/mol. The lowest BCUT2D eigenvalue weighted by molar-refractivity contribution is 0.600. The van der Waals surface area contributed by atoms with Crippen LogP contribution in [0.4, 0.5) is 10.2 Å². The predicted molar refractivity (Wildman–Crippen MR) is 65.2 cm³/mol. The molecule has 4 heteroatoms. The number of halogens is 1. The first-order chi connectivity index (χ1) is 8.16. The molecular formula is C13H14FN3. The van der Waals surface area contributed by atoms with Gasteiger partial charge in [0.15, 0.2) is 0 Å². The van der Waals surface area contributed by atoms with Crippen LogP contribution in [-0.4, -0.2) is 10.2 Å². The zero-order chi connectivity index (χ0) is 12.3. The van der Waals surface area contributed by atoms with Crippen LogP contribution in [0, 0.1) is 12.7 Å². The van der Waals surface area contributed by atoms with E-state index in [0.717, 1.165) is 5.69 Å². The Morgan fingerprint density at radius 1 is 1.12 bits per heavy atom. The highest BCUT2D eigenvalue weighted by Crippen LogP contribution is 2.19. The van der Waals surface area contributed by atoms with E-state index in [1.165, 1.54) is 6.07 Å². The van der Waals surface area contributed by atoms with Gasteiger partial charge in [-0.05, 0) is 32.0 Å². The van der Waals surface area contributed by atoms with Crippen molar-refractivity contribution in [3.8, 4) is 0 Å². The third-order valence-corrected chi connectivity index (χ3v) is 2.53. The minimum atomic E-state index is -0.215. The lowest BCUT2D eigenvalue weighted by Gasteiger charge is -2.15.